The smallest absolute Gasteiger partial charge is 0.324 e. The number of imide groups is 1. The second kappa shape index (κ2) is 5.01. The molecule has 0 fully saturated rings. The normalized spacial score (nSPS) is 15.6. The molecule has 0 radical (unpaired) electrons. The first-order valence-electron chi connectivity index (χ1n) is 7.33. The summed E-state index contributed by atoms with van der Waals surface area (Å²) in [7, 11) is 0. The molecule has 0 N–H and O–H groups in total. The number of pyridine rings is 1. The number of benzene rings is 1. The Labute approximate surface area is 131 Å². The maximum absolute atomic E-state index is 12.2. The summed E-state index contributed by atoms with van der Waals surface area (Å²) in [4.78, 5) is 45.8. The van der Waals surface area contributed by atoms with Crippen LogP contribution in [-0.2, 0) is 17.7 Å². The van der Waals surface area contributed by atoms with E-state index in [9.17, 15) is 14.4 Å². The van der Waals surface area contributed by atoms with Crippen LogP contribution >= 0.6 is 0 Å². The average molecular weight is 308 g/mol. The van der Waals surface area contributed by atoms with Gasteiger partial charge in [-0.2, -0.15) is 0 Å². The zero-order chi connectivity index (χ0) is 16.0. The molecular weight excluding hydrogens is 296 g/mol. The number of hydrogen-bond acceptors (Lipinski definition) is 5. The molecule has 0 bridgehead atoms. The van der Waals surface area contributed by atoms with Crippen molar-refractivity contribution in [1.29, 1.82) is 0 Å². The van der Waals surface area contributed by atoms with Crippen LogP contribution in [0.3, 0.4) is 0 Å². The van der Waals surface area contributed by atoms with Crippen LogP contribution in [0, 0.1) is 0 Å². The van der Waals surface area contributed by atoms with Gasteiger partial charge in [-0.1, -0.05) is 17.2 Å². The van der Waals surface area contributed by atoms with Crippen LogP contribution < -0.4 is 0 Å². The Morgan fingerprint density at radius 3 is 2.48 bits per heavy atom. The second-order valence-corrected chi connectivity index (χ2v) is 5.51. The van der Waals surface area contributed by atoms with E-state index in [0.717, 1.165) is 30.5 Å². The van der Waals surface area contributed by atoms with Gasteiger partial charge in [-0.05, 0) is 43.0 Å². The molecule has 0 atom stereocenters. The molecule has 1 aromatic heterocycles. The topological polar surface area (TPSA) is 76.6 Å². The molecule has 2 aliphatic rings. The number of hydrogen-bond donors (Lipinski definition) is 0. The molecule has 2 amide bonds. The molecule has 23 heavy (non-hydrogen) atoms. The van der Waals surface area contributed by atoms with Gasteiger partial charge in [-0.25, -0.2) is 4.79 Å². The lowest BCUT2D eigenvalue weighted by molar-refractivity contribution is -0.0584. The second-order valence-electron chi connectivity index (χ2n) is 5.51. The predicted octanol–water partition coefficient (Wildman–Crippen LogP) is 1.94. The quantitative estimate of drug-likeness (QED) is 0.792. The van der Waals surface area contributed by atoms with Crippen molar-refractivity contribution in [1.82, 2.24) is 10.0 Å². The lowest BCUT2D eigenvalue weighted by Crippen LogP contribution is -2.32. The minimum absolute atomic E-state index is 0.234. The lowest BCUT2D eigenvalue weighted by atomic mass is 10.1. The first kappa shape index (κ1) is 13.6. The van der Waals surface area contributed by atoms with Crippen LogP contribution in [0.15, 0.2) is 36.5 Å². The molecule has 6 nitrogen and oxygen atoms in total. The van der Waals surface area contributed by atoms with Crippen molar-refractivity contribution in [3.63, 3.8) is 0 Å². The summed E-state index contributed by atoms with van der Waals surface area (Å²) in [5.74, 6) is -2.03. The third kappa shape index (κ3) is 2.11. The van der Waals surface area contributed by atoms with Crippen molar-refractivity contribution in [2.75, 3.05) is 0 Å². The van der Waals surface area contributed by atoms with Gasteiger partial charge in [-0.15, -0.1) is 0 Å². The fourth-order valence-corrected chi connectivity index (χ4v) is 2.92. The van der Waals surface area contributed by atoms with E-state index in [0.29, 0.717) is 5.06 Å². The van der Waals surface area contributed by atoms with Crippen LogP contribution in [-0.4, -0.2) is 27.8 Å². The van der Waals surface area contributed by atoms with Crippen molar-refractivity contribution < 1.29 is 19.2 Å². The van der Waals surface area contributed by atoms with Gasteiger partial charge in [0, 0.05) is 11.9 Å². The molecule has 2 aromatic rings. The summed E-state index contributed by atoms with van der Waals surface area (Å²) in [6.07, 6.45) is 4.21. The van der Waals surface area contributed by atoms with E-state index in [1.54, 1.807) is 18.2 Å². The highest BCUT2D eigenvalue weighted by atomic mass is 16.7. The van der Waals surface area contributed by atoms with Crippen molar-refractivity contribution in [2.45, 2.75) is 19.3 Å². The zero-order valence-corrected chi connectivity index (χ0v) is 12.1. The fourth-order valence-electron chi connectivity index (χ4n) is 2.92. The monoisotopic (exact) mass is 308 g/mol. The maximum Gasteiger partial charge on any atom is 0.365 e. The van der Waals surface area contributed by atoms with E-state index >= 15 is 0 Å². The zero-order valence-electron chi connectivity index (χ0n) is 12.1. The third-order valence-corrected chi connectivity index (χ3v) is 4.09. The van der Waals surface area contributed by atoms with Gasteiger partial charge >= 0.3 is 5.97 Å². The Morgan fingerprint density at radius 2 is 1.78 bits per heavy atom. The largest absolute Gasteiger partial charge is 0.365 e. The Balaban J connectivity index is 1.58. The molecule has 0 saturated heterocycles. The SMILES string of the molecule is O=C(ON1C(=O)c2ccccc2C1=O)c1cnc2c(c1)CCC2. The van der Waals surface area contributed by atoms with Gasteiger partial charge in [-0.3, -0.25) is 14.6 Å². The number of aryl methyl sites for hydroxylation is 2. The number of aromatic nitrogens is 1. The molecule has 1 aliphatic carbocycles. The van der Waals surface area contributed by atoms with Gasteiger partial charge in [0.05, 0.1) is 16.7 Å². The number of rotatable bonds is 2. The minimum Gasteiger partial charge on any atom is -0.324 e. The van der Waals surface area contributed by atoms with Crippen molar-refractivity contribution in [3.8, 4) is 0 Å². The summed E-state index contributed by atoms with van der Waals surface area (Å²) >= 11 is 0. The molecule has 2 heterocycles. The Hall–Kier alpha value is -3.02. The Morgan fingerprint density at radius 1 is 1.09 bits per heavy atom. The number of hydroxylamine groups is 2. The molecular formula is C17H12N2O4. The molecule has 0 spiro atoms. The third-order valence-electron chi connectivity index (χ3n) is 4.09. The summed E-state index contributed by atoms with van der Waals surface area (Å²) < 4.78 is 0. The predicted molar refractivity (Wildman–Crippen MR) is 78.6 cm³/mol. The van der Waals surface area contributed by atoms with Gasteiger partial charge in [0.1, 0.15) is 0 Å². The van der Waals surface area contributed by atoms with E-state index in [2.05, 4.69) is 4.98 Å². The van der Waals surface area contributed by atoms with Crippen molar-refractivity contribution >= 4 is 17.8 Å². The fraction of sp³-hybridized carbons (Fsp3) is 0.176. The number of carbonyl (C=O) groups is 3. The summed E-state index contributed by atoms with van der Waals surface area (Å²) in [6, 6.07) is 8.08. The highest BCUT2D eigenvalue weighted by molar-refractivity contribution is 6.21. The summed E-state index contributed by atoms with van der Waals surface area (Å²) in [6.45, 7) is 0. The standard InChI is InChI=1S/C17H12N2O4/c20-15-12-5-1-2-6-13(12)16(21)19(15)23-17(22)11-8-10-4-3-7-14(10)18-9-11/h1-2,5-6,8-9H,3-4,7H2. The summed E-state index contributed by atoms with van der Waals surface area (Å²) in [5, 5.41) is 0.514. The van der Waals surface area contributed by atoms with Gasteiger partial charge in [0.25, 0.3) is 11.8 Å². The molecule has 0 saturated carbocycles. The van der Waals surface area contributed by atoms with Crippen molar-refractivity contribution in [3.05, 3.63) is 64.5 Å². The van der Waals surface area contributed by atoms with E-state index < -0.39 is 17.8 Å². The highest BCUT2D eigenvalue weighted by Crippen LogP contribution is 2.24. The van der Waals surface area contributed by atoms with Crippen LogP contribution in [0.1, 0.15) is 48.8 Å². The van der Waals surface area contributed by atoms with E-state index in [1.807, 2.05) is 0 Å². The molecule has 0 unspecified atom stereocenters. The number of carbonyl (C=O) groups excluding carboxylic acids is 3. The van der Waals surface area contributed by atoms with E-state index in [4.69, 9.17) is 4.84 Å². The number of fused-ring (bicyclic) bond motifs is 2. The van der Waals surface area contributed by atoms with E-state index in [1.165, 1.54) is 18.3 Å². The molecule has 4 rings (SSSR count). The van der Waals surface area contributed by atoms with Crippen molar-refractivity contribution in [2.24, 2.45) is 0 Å². The molecule has 1 aromatic carbocycles. The first-order valence-corrected chi connectivity index (χ1v) is 7.33. The minimum atomic E-state index is -0.762. The van der Waals surface area contributed by atoms with Gasteiger partial charge < -0.3 is 4.84 Å². The van der Waals surface area contributed by atoms with Crippen LogP contribution in [0.25, 0.3) is 0 Å². The van der Waals surface area contributed by atoms with Gasteiger partial charge in [0.15, 0.2) is 0 Å². The van der Waals surface area contributed by atoms with Crippen LogP contribution in [0.4, 0.5) is 0 Å². The van der Waals surface area contributed by atoms with Crippen LogP contribution in [0.2, 0.25) is 0 Å². The molecule has 1 aliphatic heterocycles. The van der Waals surface area contributed by atoms with Gasteiger partial charge in [0.2, 0.25) is 0 Å². The molecule has 114 valence electrons. The summed E-state index contributed by atoms with van der Waals surface area (Å²) in [5.41, 5.74) is 2.71. The highest BCUT2D eigenvalue weighted by Gasteiger charge is 2.38. The van der Waals surface area contributed by atoms with E-state index in [-0.39, 0.29) is 16.7 Å². The Kier molecular flexibility index (Phi) is 2.97. The average Bonchev–Trinajstić information content (AvgIpc) is 3.13. The maximum atomic E-state index is 12.2. The lowest BCUT2D eigenvalue weighted by Gasteiger charge is -2.12. The Bertz CT molecular complexity index is 824. The molecule has 6 heteroatoms. The number of amides is 2. The van der Waals surface area contributed by atoms with Crippen LogP contribution in [0.5, 0.6) is 0 Å². The number of nitrogens with zero attached hydrogens (tertiary/aromatic N) is 2. The first-order chi connectivity index (χ1) is 11.1.